The average Bonchev–Trinajstić information content (AvgIpc) is 3.19. The second-order valence-corrected chi connectivity index (χ2v) is 12.8. The van der Waals surface area contributed by atoms with E-state index >= 15 is 0 Å². The third-order valence-corrected chi connectivity index (χ3v) is 10.7. The lowest BCUT2D eigenvalue weighted by Crippen LogP contribution is -2.54. The third kappa shape index (κ3) is 5.39. The van der Waals surface area contributed by atoms with E-state index in [0.29, 0.717) is 37.0 Å². The van der Waals surface area contributed by atoms with E-state index in [1.54, 1.807) is 0 Å². The highest BCUT2D eigenvalue weighted by Crippen LogP contribution is 2.67. The molecule has 0 bridgehead atoms. The molecule has 2 amide bonds. The largest absolute Gasteiger partial charge is 0.480 e. The molecule has 4 aliphatic rings. The number of allylic oxidation sites excluding steroid dienone is 2. The van der Waals surface area contributed by atoms with Crippen LogP contribution in [0.25, 0.3) is 0 Å². The molecule has 3 fully saturated rings. The van der Waals surface area contributed by atoms with Crippen molar-refractivity contribution in [3.05, 3.63) is 11.6 Å². The zero-order chi connectivity index (χ0) is 29.3. The standard InChI is InChI=1S/C31H45N3O6/c1-6-8-25(28(37)38)33-27(36)19(3)32-26(35)18-40-34-21-11-14-29(4)20(17-21)9-10-22-23(29)12-15-30(5)24(22)13-16-31(30,39)7-2/h2,17,19,22-25,39H,6,8-16,18H2,1,3-5H3,(H,32,35)(H,33,36)(H,37,38)/b34-21+/t19-,22-,23-,24-,25-,29+,30+,31-/m1/s1. The van der Waals surface area contributed by atoms with Crippen LogP contribution in [0.4, 0.5) is 0 Å². The summed E-state index contributed by atoms with van der Waals surface area (Å²) in [5.41, 5.74) is 1.10. The zero-order valence-electron chi connectivity index (χ0n) is 24.3. The maximum atomic E-state index is 12.3. The van der Waals surface area contributed by atoms with Crippen molar-refractivity contribution in [3.8, 4) is 12.3 Å². The molecule has 0 unspecified atom stereocenters. The predicted octanol–water partition coefficient (Wildman–Crippen LogP) is 3.56. The first-order chi connectivity index (χ1) is 18.9. The van der Waals surface area contributed by atoms with Gasteiger partial charge in [-0.25, -0.2) is 4.79 Å². The summed E-state index contributed by atoms with van der Waals surface area (Å²) < 4.78 is 0. The first-order valence-electron chi connectivity index (χ1n) is 14.8. The number of carbonyl (C=O) groups is 3. The first-order valence-corrected chi connectivity index (χ1v) is 14.8. The molecule has 0 saturated heterocycles. The average molecular weight is 556 g/mol. The maximum absolute atomic E-state index is 12.3. The molecule has 8 atom stereocenters. The minimum Gasteiger partial charge on any atom is -0.480 e. The van der Waals surface area contributed by atoms with Gasteiger partial charge in [0.05, 0.1) is 5.71 Å². The number of carboxylic acids is 1. The molecule has 0 heterocycles. The number of carboxylic acid groups (broad SMARTS) is 1. The van der Waals surface area contributed by atoms with Crippen molar-refractivity contribution in [2.45, 2.75) is 110 Å². The van der Waals surface area contributed by atoms with Gasteiger partial charge in [-0.2, -0.15) is 0 Å². The molecule has 220 valence electrons. The van der Waals surface area contributed by atoms with Crippen LogP contribution in [0, 0.1) is 40.9 Å². The molecule has 0 aromatic rings. The van der Waals surface area contributed by atoms with Gasteiger partial charge in [-0.05, 0) is 94.0 Å². The number of rotatable bonds is 9. The van der Waals surface area contributed by atoms with Crippen LogP contribution in [0.15, 0.2) is 16.8 Å². The lowest BCUT2D eigenvalue weighted by atomic mass is 9.46. The Morgan fingerprint density at radius 2 is 1.88 bits per heavy atom. The molecule has 0 spiro atoms. The second-order valence-electron chi connectivity index (χ2n) is 12.8. The first kappa shape index (κ1) is 30.1. The Labute approximate surface area is 237 Å². The van der Waals surface area contributed by atoms with Crippen molar-refractivity contribution >= 4 is 23.5 Å². The summed E-state index contributed by atoms with van der Waals surface area (Å²) >= 11 is 0. The summed E-state index contributed by atoms with van der Waals surface area (Å²) in [5.74, 6) is 2.16. The Kier molecular flexibility index (Phi) is 8.70. The summed E-state index contributed by atoms with van der Waals surface area (Å²) in [6, 6.07) is -1.88. The molecule has 4 rings (SSSR count). The minimum atomic E-state index is -1.10. The fourth-order valence-electron chi connectivity index (χ4n) is 8.26. The number of fused-ring (bicyclic) bond motifs is 5. The van der Waals surface area contributed by atoms with Crippen molar-refractivity contribution in [3.63, 3.8) is 0 Å². The number of hydrogen-bond donors (Lipinski definition) is 4. The molecule has 4 aliphatic carbocycles. The predicted molar refractivity (Wildman–Crippen MR) is 151 cm³/mol. The summed E-state index contributed by atoms with van der Waals surface area (Å²) in [4.78, 5) is 41.2. The smallest absolute Gasteiger partial charge is 0.326 e. The monoisotopic (exact) mass is 555 g/mol. The van der Waals surface area contributed by atoms with E-state index in [0.717, 1.165) is 50.7 Å². The Morgan fingerprint density at radius 1 is 1.15 bits per heavy atom. The highest BCUT2D eigenvalue weighted by molar-refractivity contribution is 5.96. The quantitative estimate of drug-likeness (QED) is 0.254. The maximum Gasteiger partial charge on any atom is 0.326 e. The number of aliphatic carboxylic acids is 1. The number of carbonyl (C=O) groups excluding carboxylic acids is 2. The number of nitrogens with one attached hydrogen (secondary N) is 2. The normalized spacial score (nSPS) is 37.0. The van der Waals surface area contributed by atoms with Crippen molar-refractivity contribution in [1.29, 1.82) is 0 Å². The molecule has 0 aromatic carbocycles. The molecular weight excluding hydrogens is 510 g/mol. The Bertz CT molecular complexity index is 1130. The van der Waals surface area contributed by atoms with Gasteiger partial charge >= 0.3 is 5.97 Å². The van der Waals surface area contributed by atoms with Gasteiger partial charge in [0.1, 0.15) is 17.7 Å². The van der Waals surface area contributed by atoms with Crippen molar-refractivity contribution < 1.29 is 29.4 Å². The van der Waals surface area contributed by atoms with Gasteiger partial charge in [-0.3, -0.25) is 9.59 Å². The van der Waals surface area contributed by atoms with Crippen LogP contribution in [0.3, 0.4) is 0 Å². The van der Waals surface area contributed by atoms with Crippen molar-refractivity contribution in [2.24, 2.45) is 33.7 Å². The van der Waals surface area contributed by atoms with Gasteiger partial charge < -0.3 is 25.7 Å². The van der Waals surface area contributed by atoms with Crippen LogP contribution in [0.2, 0.25) is 0 Å². The highest BCUT2D eigenvalue weighted by Gasteiger charge is 2.63. The molecule has 4 N–H and O–H groups in total. The summed E-state index contributed by atoms with van der Waals surface area (Å²) in [6.07, 6.45) is 16.4. The van der Waals surface area contributed by atoms with E-state index in [9.17, 15) is 24.6 Å². The van der Waals surface area contributed by atoms with Crippen LogP contribution in [0.1, 0.15) is 91.9 Å². The summed E-state index contributed by atoms with van der Waals surface area (Å²) in [5, 5.41) is 29.6. The van der Waals surface area contributed by atoms with Crippen molar-refractivity contribution in [1.82, 2.24) is 10.6 Å². The molecule has 9 heteroatoms. The van der Waals surface area contributed by atoms with Gasteiger partial charge in [0.15, 0.2) is 6.61 Å². The lowest BCUT2D eigenvalue weighted by Gasteiger charge is -2.58. The van der Waals surface area contributed by atoms with Gasteiger partial charge in [0.2, 0.25) is 5.91 Å². The van der Waals surface area contributed by atoms with E-state index < -0.39 is 35.5 Å². The summed E-state index contributed by atoms with van der Waals surface area (Å²) in [6.45, 7) is 7.59. The number of oxime groups is 1. The Balaban J connectivity index is 1.32. The molecule has 9 nitrogen and oxygen atoms in total. The SMILES string of the molecule is C#C[C@@]1(O)CC[C@@H]2[C@@H]3CCC4=C/C(=N/OCC(=O)N[C@H](C)C(=O)N[C@H](CCC)C(=O)O)CC[C@]4(C)[C@@H]3CC[C@@]21C. The van der Waals surface area contributed by atoms with E-state index in [-0.39, 0.29) is 17.4 Å². The van der Waals surface area contributed by atoms with Crippen LogP contribution in [-0.2, 0) is 19.2 Å². The topological polar surface area (TPSA) is 137 Å². The number of amides is 2. The van der Waals surface area contributed by atoms with E-state index in [1.165, 1.54) is 12.5 Å². The van der Waals surface area contributed by atoms with E-state index in [4.69, 9.17) is 11.3 Å². The van der Waals surface area contributed by atoms with Crippen LogP contribution >= 0.6 is 0 Å². The lowest BCUT2D eigenvalue weighted by molar-refractivity contribution is -0.142. The number of aliphatic hydroxyl groups is 1. The minimum absolute atomic E-state index is 0.0892. The number of nitrogens with zero attached hydrogens (tertiary/aromatic N) is 1. The van der Waals surface area contributed by atoms with Gasteiger partial charge in [0, 0.05) is 5.41 Å². The molecule has 0 radical (unpaired) electrons. The Morgan fingerprint density at radius 3 is 2.55 bits per heavy atom. The number of terminal acetylenes is 1. The molecule has 0 aromatic heterocycles. The van der Waals surface area contributed by atoms with Gasteiger partial charge in [-0.1, -0.05) is 43.8 Å². The van der Waals surface area contributed by atoms with E-state index in [1.807, 2.05) is 6.92 Å². The second kappa shape index (κ2) is 11.6. The molecule has 0 aliphatic heterocycles. The van der Waals surface area contributed by atoms with Crippen LogP contribution < -0.4 is 10.6 Å². The van der Waals surface area contributed by atoms with Crippen LogP contribution in [0.5, 0.6) is 0 Å². The fourth-order valence-corrected chi connectivity index (χ4v) is 8.26. The Hall–Kier alpha value is -2.86. The summed E-state index contributed by atoms with van der Waals surface area (Å²) in [7, 11) is 0. The molecule has 3 saturated carbocycles. The van der Waals surface area contributed by atoms with E-state index in [2.05, 4.69) is 41.6 Å². The molecule has 40 heavy (non-hydrogen) atoms. The zero-order valence-corrected chi connectivity index (χ0v) is 24.3. The number of hydrogen-bond acceptors (Lipinski definition) is 6. The fraction of sp³-hybridized carbons (Fsp3) is 0.742. The highest BCUT2D eigenvalue weighted by atomic mass is 16.6. The van der Waals surface area contributed by atoms with Crippen LogP contribution in [-0.4, -0.2) is 58.0 Å². The van der Waals surface area contributed by atoms with Gasteiger partial charge in [-0.15, -0.1) is 6.42 Å². The molecular formula is C31H45N3O6. The van der Waals surface area contributed by atoms with Crippen molar-refractivity contribution in [2.75, 3.05) is 6.61 Å². The third-order valence-electron chi connectivity index (χ3n) is 10.7. The van der Waals surface area contributed by atoms with Gasteiger partial charge in [0.25, 0.3) is 5.91 Å².